The molecule has 0 radical (unpaired) electrons. The Bertz CT molecular complexity index is 949. The Hall–Kier alpha value is -2.95. The van der Waals surface area contributed by atoms with E-state index >= 15 is 0 Å². The number of nitrogens with one attached hydrogen (secondary N) is 1. The number of rotatable bonds is 4. The Morgan fingerprint density at radius 2 is 1.82 bits per heavy atom. The summed E-state index contributed by atoms with van der Waals surface area (Å²) in [7, 11) is 0. The number of hydrogen-bond acceptors (Lipinski definition) is 3. The molecule has 0 bridgehead atoms. The van der Waals surface area contributed by atoms with Crippen LogP contribution in [0, 0.1) is 0 Å². The van der Waals surface area contributed by atoms with E-state index in [0.29, 0.717) is 17.9 Å². The van der Waals surface area contributed by atoms with Crippen LogP contribution in [0.1, 0.15) is 59.7 Å². The summed E-state index contributed by atoms with van der Waals surface area (Å²) in [5, 5.41) is 2.89. The van der Waals surface area contributed by atoms with Crippen molar-refractivity contribution in [3.63, 3.8) is 0 Å². The predicted octanol–water partition coefficient (Wildman–Crippen LogP) is 3.78. The zero-order valence-electron chi connectivity index (χ0n) is 16.2. The topological polar surface area (TPSA) is 66.5 Å². The molecule has 0 saturated carbocycles. The molecule has 1 unspecified atom stereocenters. The van der Waals surface area contributed by atoms with Gasteiger partial charge in [-0.1, -0.05) is 62.4 Å². The maximum absolute atomic E-state index is 13.3. The highest BCUT2D eigenvalue weighted by Crippen LogP contribution is 2.39. The number of ketones is 1. The van der Waals surface area contributed by atoms with Crippen LogP contribution < -0.4 is 5.32 Å². The molecule has 1 heterocycles. The van der Waals surface area contributed by atoms with E-state index in [4.69, 9.17) is 0 Å². The molecule has 1 spiro atoms. The van der Waals surface area contributed by atoms with Gasteiger partial charge >= 0.3 is 6.03 Å². The lowest BCUT2D eigenvalue weighted by molar-refractivity contribution is -0.131. The third kappa shape index (κ3) is 2.91. The summed E-state index contributed by atoms with van der Waals surface area (Å²) in [6.45, 7) is 3.94. The van der Waals surface area contributed by atoms with Crippen LogP contribution in [0.4, 0.5) is 4.79 Å². The van der Waals surface area contributed by atoms with Crippen LogP contribution in [0.5, 0.6) is 0 Å². The maximum atomic E-state index is 13.3. The number of fused-ring (bicyclic) bond motifs is 2. The third-order valence-electron chi connectivity index (χ3n) is 5.85. The van der Waals surface area contributed by atoms with Gasteiger partial charge in [0.2, 0.25) is 0 Å². The van der Waals surface area contributed by atoms with Gasteiger partial charge in [0.1, 0.15) is 5.54 Å². The fraction of sp³-hybridized carbons (Fsp3) is 0.348. The van der Waals surface area contributed by atoms with Gasteiger partial charge in [-0.25, -0.2) is 4.79 Å². The van der Waals surface area contributed by atoms with Gasteiger partial charge in [-0.3, -0.25) is 14.5 Å². The van der Waals surface area contributed by atoms with Crippen LogP contribution in [-0.2, 0) is 16.8 Å². The van der Waals surface area contributed by atoms with Crippen LogP contribution in [0.2, 0.25) is 0 Å². The van der Waals surface area contributed by atoms with E-state index in [9.17, 15) is 14.4 Å². The van der Waals surface area contributed by atoms with Gasteiger partial charge in [-0.15, -0.1) is 0 Å². The van der Waals surface area contributed by atoms with Crippen LogP contribution >= 0.6 is 0 Å². The van der Waals surface area contributed by atoms with Gasteiger partial charge in [0, 0.05) is 5.56 Å². The first-order chi connectivity index (χ1) is 13.4. The maximum Gasteiger partial charge on any atom is 0.325 e. The van der Waals surface area contributed by atoms with Crippen molar-refractivity contribution in [1.29, 1.82) is 0 Å². The molecule has 1 N–H and O–H groups in total. The number of hydrogen-bond donors (Lipinski definition) is 1. The number of benzene rings is 2. The number of imide groups is 1. The van der Waals surface area contributed by atoms with Crippen molar-refractivity contribution in [2.45, 2.75) is 44.6 Å². The molecule has 1 aliphatic heterocycles. The van der Waals surface area contributed by atoms with Crippen LogP contribution in [0.25, 0.3) is 0 Å². The van der Waals surface area contributed by atoms with E-state index < -0.39 is 11.6 Å². The van der Waals surface area contributed by atoms with Gasteiger partial charge in [0.25, 0.3) is 5.91 Å². The standard InChI is InChI=1S/C23H24N2O3/c1-15(2)16-9-11-18(12-10-16)20(26)14-25-21(27)23(24-22(25)28)13-5-7-17-6-3-4-8-19(17)23/h3-4,6,8-12,15H,5,7,13-14H2,1-2H3,(H,24,28). The summed E-state index contributed by atoms with van der Waals surface area (Å²) < 4.78 is 0. The third-order valence-corrected chi connectivity index (χ3v) is 5.85. The van der Waals surface area contributed by atoms with Crippen molar-refractivity contribution in [2.75, 3.05) is 6.54 Å². The van der Waals surface area contributed by atoms with Crippen LogP contribution in [0.15, 0.2) is 48.5 Å². The summed E-state index contributed by atoms with van der Waals surface area (Å²) >= 11 is 0. The van der Waals surface area contributed by atoms with Crippen LogP contribution in [-0.4, -0.2) is 29.2 Å². The fourth-order valence-electron chi connectivity index (χ4n) is 4.24. The Labute approximate surface area is 164 Å². The Balaban J connectivity index is 1.58. The number of amides is 3. The highest BCUT2D eigenvalue weighted by atomic mass is 16.2. The lowest BCUT2D eigenvalue weighted by atomic mass is 9.76. The van der Waals surface area contributed by atoms with Gasteiger partial charge in [0.05, 0.1) is 6.54 Å². The number of urea groups is 1. The van der Waals surface area contributed by atoms with E-state index in [1.165, 1.54) is 0 Å². The first-order valence-corrected chi connectivity index (χ1v) is 9.78. The molecule has 2 aromatic rings. The second-order valence-electron chi connectivity index (χ2n) is 7.94. The predicted molar refractivity (Wildman–Crippen MR) is 106 cm³/mol. The molecular formula is C23H24N2O3. The van der Waals surface area contributed by atoms with Gasteiger partial charge in [-0.05, 0) is 41.9 Å². The van der Waals surface area contributed by atoms with Crippen molar-refractivity contribution in [3.8, 4) is 0 Å². The summed E-state index contributed by atoms with van der Waals surface area (Å²) in [4.78, 5) is 39.7. The average molecular weight is 376 g/mol. The minimum absolute atomic E-state index is 0.236. The number of Topliss-reactive ketones (excluding diaryl/α,β-unsaturated/α-hetero) is 1. The van der Waals surface area contributed by atoms with Crippen LogP contribution in [0.3, 0.4) is 0 Å². The molecule has 3 amide bonds. The molecule has 1 aliphatic carbocycles. The van der Waals surface area contributed by atoms with Gasteiger partial charge < -0.3 is 5.32 Å². The Kier molecular flexibility index (Phi) is 4.53. The zero-order chi connectivity index (χ0) is 19.9. The SMILES string of the molecule is CC(C)c1ccc(C(=O)CN2C(=O)NC3(CCCc4ccccc43)C2=O)cc1. The summed E-state index contributed by atoms with van der Waals surface area (Å²) in [6, 6.07) is 14.6. The van der Waals surface area contributed by atoms with Crippen molar-refractivity contribution >= 4 is 17.7 Å². The van der Waals surface area contributed by atoms with Gasteiger partial charge in [-0.2, -0.15) is 0 Å². The molecule has 0 aromatic heterocycles. The molecule has 1 atom stereocenters. The zero-order valence-corrected chi connectivity index (χ0v) is 16.2. The monoisotopic (exact) mass is 376 g/mol. The number of nitrogens with zero attached hydrogens (tertiary/aromatic N) is 1. The first kappa shape index (κ1) is 18.4. The van der Waals surface area contributed by atoms with E-state index in [2.05, 4.69) is 19.2 Å². The van der Waals surface area contributed by atoms with E-state index in [1.807, 2.05) is 36.4 Å². The second kappa shape index (κ2) is 6.89. The molecule has 4 rings (SSSR count). The summed E-state index contributed by atoms with van der Waals surface area (Å²) in [5.41, 5.74) is 2.56. The van der Waals surface area contributed by atoms with E-state index in [-0.39, 0.29) is 18.2 Å². The van der Waals surface area contributed by atoms with Crippen molar-refractivity contribution < 1.29 is 14.4 Å². The number of carbonyl (C=O) groups excluding carboxylic acids is 3. The van der Waals surface area contributed by atoms with Crippen molar-refractivity contribution in [3.05, 3.63) is 70.8 Å². The molecule has 1 fully saturated rings. The molecule has 2 aromatic carbocycles. The van der Waals surface area contributed by atoms with Gasteiger partial charge in [0.15, 0.2) is 5.78 Å². The number of carbonyl (C=O) groups is 3. The summed E-state index contributed by atoms with van der Waals surface area (Å²) in [6.07, 6.45) is 2.27. The minimum atomic E-state index is -1.03. The molecule has 2 aliphatic rings. The second-order valence-corrected chi connectivity index (χ2v) is 7.94. The van der Waals surface area contributed by atoms with Crippen molar-refractivity contribution in [2.24, 2.45) is 0 Å². The first-order valence-electron chi connectivity index (χ1n) is 9.78. The molecule has 28 heavy (non-hydrogen) atoms. The Morgan fingerprint density at radius 1 is 1.11 bits per heavy atom. The largest absolute Gasteiger partial charge is 0.325 e. The molecule has 1 saturated heterocycles. The fourth-order valence-corrected chi connectivity index (χ4v) is 4.24. The average Bonchev–Trinajstić information content (AvgIpc) is 2.93. The van der Waals surface area contributed by atoms with Crippen molar-refractivity contribution in [1.82, 2.24) is 10.2 Å². The number of aryl methyl sites for hydroxylation is 1. The summed E-state index contributed by atoms with van der Waals surface area (Å²) in [5.74, 6) is -0.182. The highest BCUT2D eigenvalue weighted by molar-refractivity contribution is 6.11. The minimum Gasteiger partial charge on any atom is -0.319 e. The van der Waals surface area contributed by atoms with E-state index in [1.54, 1.807) is 12.1 Å². The molecule has 5 heteroatoms. The highest BCUT2D eigenvalue weighted by Gasteiger charge is 2.54. The molecular weight excluding hydrogens is 352 g/mol. The molecule has 5 nitrogen and oxygen atoms in total. The Morgan fingerprint density at radius 3 is 2.54 bits per heavy atom. The van der Waals surface area contributed by atoms with E-state index in [0.717, 1.165) is 34.4 Å². The lowest BCUT2D eigenvalue weighted by Crippen LogP contribution is -2.46. The quantitative estimate of drug-likeness (QED) is 0.652. The normalized spacial score (nSPS) is 21.2. The lowest BCUT2D eigenvalue weighted by Gasteiger charge is -2.33. The molecule has 144 valence electrons. The smallest absolute Gasteiger partial charge is 0.319 e.